The van der Waals surface area contributed by atoms with E-state index in [-0.39, 0.29) is 0 Å². The Kier molecular flexibility index (Phi) is 4.75. The molecule has 2 nitrogen and oxygen atoms in total. The van der Waals surface area contributed by atoms with Crippen molar-refractivity contribution in [2.24, 2.45) is 0 Å². The van der Waals surface area contributed by atoms with Crippen molar-refractivity contribution in [3.63, 3.8) is 0 Å². The van der Waals surface area contributed by atoms with E-state index in [2.05, 4.69) is 127 Å². The Morgan fingerprint density at radius 1 is 0.295 bits per heavy atom. The van der Waals surface area contributed by atoms with Gasteiger partial charge in [0, 0.05) is 21.7 Å². The van der Waals surface area contributed by atoms with E-state index in [0.717, 1.165) is 44.2 Å². The molecule has 0 saturated heterocycles. The third-order valence-corrected chi connectivity index (χ3v) is 9.23. The summed E-state index contributed by atoms with van der Waals surface area (Å²) < 4.78 is 12.9. The first-order chi connectivity index (χ1) is 21.8. The second-order valence-corrected chi connectivity index (χ2v) is 11.6. The highest BCUT2D eigenvalue weighted by Gasteiger charge is 2.21. The second kappa shape index (κ2) is 8.82. The van der Waals surface area contributed by atoms with Crippen molar-refractivity contribution in [2.75, 3.05) is 0 Å². The van der Waals surface area contributed by atoms with Crippen LogP contribution < -0.4 is 0 Å². The summed E-state index contributed by atoms with van der Waals surface area (Å²) in [6.45, 7) is 0. The maximum Gasteiger partial charge on any atom is 0.136 e. The molecule has 0 spiro atoms. The van der Waals surface area contributed by atoms with Crippen LogP contribution in [0, 0.1) is 0 Å². The van der Waals surface area contributed by atoms with E-state index < -0.39 is 0 Å². The maximum absolute atomic E-state index is 6.73. The third-order valence-electron chi connectivity index (χ3n) is 9.23. The van der Waals surface area contributed by atoms with Crippen molar-refractivity contribution in [3.8, 4) is 22.5 Å². The monoisotopic (exact) mass is 560 g/mol. The van der Waals surface area contributed by atoms with Crippen molar-refractivity contribution in [2.45, 2.75) is 0 Å². The highest BCUT2D eigenvalue weighted by atomic mass is 16.3. The number of hydrogen-bond donors (Lipinski definition) is 0. The molecule has 0 bridgehead atoms. The molecule has 0 fully saturated rings. The van der Waals surface area contributed by atoms with Crippen molar-refractivity contribution in [3.05, 3.63) is 146 Å². The number of benzene rings is 8. The Hall–Kier alpha value is -5.86. The summed E-state index contributed by atoms with van der Waals surface area (Å²) in [5.74, 6) is 0.860. The summed E-state index contributed by atoms with van der Waals surface area (Å²) >= 11 is 0. The molecule has 10 rings (SSSR count). The second-order valence-electron chi connectivity index (χ2n) is 11.6. The van der Waals surface area contributed by atoms with E-state index >= 15 is 0 Å². The molecule has 2 heterocycles. The van der Waals surface area contributed by atoms with E-state index in [1.54, 1.807) is 0 Å². The summed E-state index contributed by atoms with van der Waals surface area (Å²) in [6, 6.07) is 52.0. The quantitative estimate of drug-likeness (QED) is 0.155. The molecule has 0 saturated carbocycles. The molecule has 0 aliphatic heterocycles. The fourth-order valence-electron chi connectivity index (χ4n) is 7.33. The molecule has 0 amide bonds. The fraction of sp³-hybridized carbons (Fsp3) is 0. The van der Waals surface area contributed by atoms with Crippen LogP contribution in [-0.2, 0) is 0 Å². The molecule has 0 atom stereocenters. The third kappa shape index (κ3) is 3.25. The summed E-state index contributed by atoms with van der Waals surface area (Å²) in [7, 11) is 0. The van der Waals surface area contributed by atoms with Crippen LogP contribution in [0.5, 0.6) is 0 Å². The fourth-order valence-corrected chi connectivity index (χ4v) is 7.33. The van der Waals surface area contributed by atoms with Crippen LogP contribution in [0.25, 0.3) is 98.4 Å². The molecule has 0 aliphatic carbocycles. The minimum Gasteiger partial charge on any atom is -0.456 e. The molecular formula is C42H24O2. The van der Waals surface area contributed by atoms with Gasteiger partial charge < -0.3 is 8.83 Å². The lowest BCUT2D eigenvalue weighted by Gasteiger charge is -2.18. The van der Waals surface area contributed by atoms with Gasteiger partial charge in [-0.25, -0.2) is 0 Å². The first-order valence-electron chi connectivity index (χ1n) is 15.0. The van der Waals surface area contributed by atoms with Crippen LogP contribution in [0.3, 0.4) is 0 Å². The Bertz CT molecular complexity index is 2720. The number of fused-ring (bicyclic) bond motifs is 9. The predicted molar refractivity (Wildman–Crippen MR) is 184 cm³/mol. The summed E-state index contributed by atoms with van der Waals surface area (Å²) in [5, 5.41) is 13.0. The van der Waals surface area contributed by atoms with Gasteiger partial charge in [0.2, 0.25) is 0 Å². The Labute approximate surface area is 252 Å². The van der Waals surface area contributed by atoms with Crippen LogP contribution in [0.2, 0.25) is 0 Å². The number of furan rings is 2. The van der Waals surface area contributed by atoms with Gasteiger partial charge in [-0.1, -0.05) is 115 Å². The van der Waals surface area contributed by atoms with Gasteiger partial charge in [0.25, 0.3) is 0 Å². The zero-order valence-electron chi connectivity index (χ0n) is 23.7. The molecule has 0 unspecified atom stereocenters. The lowest BCUT2D eigenvalue weighted by molar-refractivity contribution is 0.633. The maximum atomic E-state index is 6.73. The standard InChI is InChI=1S/C42H24O2/c1-2-12-27-25(11-1)21-36(29-14-4-3-13-28(27)29)41-31-16-5-7-18-33(31)42(34-19-8-6-17-32(34)41)40-23-26-22-39-35(24-38(26)44-40)30-15-9-10-20-37(30)43-39/h1-24H. The minimum atomic E-state index is 0.858. The smallest absolute Gasteiger partial charge is 0.136 e. The predicted octanol–water partition coefficient (Wildman–Crippen LogP) is 12.3. The van der Waals surface area contributed by atoms with E-state index in [1.165, 1.54) is 54.2 Å². The molecule has 2 heteroatoms. The van der Waals surface area contributed by atoms with Gasteiger partial charge in [0.1, 0.15) is 22.5 Å². The normalized spacial score (nSPS) is 12.1. The van der Waals surface area contributed by atoms with Gasteiger partial charge in [-0.3, -0.25) is 0 Å². The Balaban J connectivity index is 1.31. The lowest BCUT2D eigenvalue weighted by atomic mass is 9.85. The molecule has 0 radical (unpaired) electrons. The Morgan fingerprint density at radius 3 is 1.59 bits per heavy atom. The van der Waals surface area contributed by atoms with Gasteiger partial charge in [-0.2, -0.15) is 0 Å². The lowest BCUT2D eigenvalue weighted by Crippen LogP contribution is -1.91. The van der Waals surface area contributed by atoms with Gasteiger partial charge in [0.05, 0.1) is 0 Å². The average Bonchev–Trinajstić information content (AvgIpc) is 3.66. The van der Waals surface area contributed by atoms with Gasteiger partial charge in [-0.15, -0.1) is 0 Å². The van der Waals surface area contributed by atoms with Crippen LogP contribution in [0.1, 0.15) is 0 Å². The SMILES string of the molecule is c1ccc2c(c1)cc(-c1c3ccccc3c(-c3cc4cc5oc6ccccc6c5cc4o3)c3ccccc13)c1ccccc12. The first kappa shape index (κ1) is 23.7. The summed E-state index contributed by atoms with van der Waals surface area (Å²) in [4.78, 5) is 0. The molecular weight excluding hydrogens is 536 g/mol. The van der Waals surface area contributed by atoms with Gasteiger partial charge in [0.15, 0.2) is 0 Å². The Morgan fingerprint density at radius 2 is 0.864 bits per heavy atom. The van der Waals surface area contributed by atoms with E-state index in [4.69, 9.17) is 8.83 Å². The average molecular weight is 561 g/mol. The van der Waals surface area contributed by atoms with Crippen LogP contribution in [0.4, 0.5) is 0 Å². The molecule has 2 aromatic heterocycles. The van der Waals surface area contributed by atoms with Gasteiger partial charge >= 0.3 is 0 Å². The molecule has 10 aromatic rings. The van der Waals surface area contributed by atoms with Crippen molar-refractivity contribution in [1.29, 1.82) is 0 Å². The van der Waals surface area contributed by atoms with Crippen LogP contribution in [0.15, 0.2) is 154 Å². The summed E-state index contributed by atoms with van der Waals surface area (Å²) in [6.07, 6.45) is 0. The first-order valence-corrected chi connectivity index (χ1v) is 15.0. The number of hydrogen-bond acceptors (Lipinski definition) is 2. The van der Waals surface area contributed by atoms with Crippen LogP contribution in [-0.4, -0.2) is 0 Å². The van der Waals surface area contributed by atoms with E-state index in [9.17, 15) is 0 Å². The zero-order valence-corrected chi connectivity index (χ0v) is 23.7. The topological polar surface area (TPSA) is 26.3 Å². The highest BCUT2D eigenvalue weighted by molar-refractivity contribution is 6.25. The number of rotatable bonds is 2. The van der Waals surface area contributed by atoms with E-state index in [1.807, 2.05) is 18.2 Å². The molecule has 44 heavy (non-hydrogen) atoms. The van der Waals surface area contributed by atoms with Crippen molar-refractivity contribution in [1.82, 2.24) is 0 Å². The van der Waals surface area contributed by atoms with E-state index in [0.29, 0.717) is 0 Å². The summed E-state index contributed by atoms with van der Waals surface area (Å²) in [5.41, 5.74) is 6.24. The molecule has 0 aliphatic rings. The molecule has 8 aromatic carbocycles. The molecule has 204 valence electrons. The number of para-hydroxylation sites is 1. The minimum absolute atomic E-state index is 0.858. The largest absolute Gasteiger partial charge is 0.456 e. The molecule has 0 N–H and O–H groups in total. The van der Waals surface area contributed by atoms with Crippen molar-refractivity contribution >= 4 is 76.0 Å². The zero-order chi connectivity index (χ0) is 28.8. The van der Waals surface area contributed by atoms with Gasteiger partial charge in [-0.05, 0) is 84.5 Å². The van der Waals surface area contributed by atoms with Crippen molar-refractivity contribution < 1.29 is 8.83 Å². The highest BCUT2D eigenvalue weighted by Crippen LogP contribution is 2.47. The van der Waals surface area contributed by atoms with Crippen LogP contribution >= 0.6 is 0 Å².